The van der Waals surface area contributed by atoms with Crippen LogP contribution in [0.4, 0.5) is 11.5 Å². The first-order valence-corrected chi connectivity index (χ1v) is 8.74. The van der Waals surface area contributed by atoms with E-state index in [2.05, 4.69) is 23.1 Å². The van der Waals surface area contributed by atoms with E-state index in [0.717, 1.165) is 10.4 Å². The van der Waals surface area contributed by atoms with Crippen molar-refractivity contribution >= 4 is 30.2 Å². The summed E-state index contributed by atoms with van der Waals surface area (Å²) in [6, 6.07) is 4.35. The predicted octanol–water partition coefficient (Wildman–Crippen LogP) is 2.28. The van der Waals surface area contributed by atoms with Gasteiger partial charge in [0.2, 0.25) is 5.91 Å². The lowest BCUT2D eigenvalue weighted by molar-refractivity contribution is -0.385. The normalized spacial score (nSPS) is 15.8. The van der Waals surface area contributed by atoms with Crippen molar-refractivity contribution in [2.75, 3.05) is 12.4 Å². The van der Waals surface area contributed by atoms with Gasteiger partial charge in [-0.3, -0.25) is 19.7 Å². The van der Waals surface area contributed by atoms with Crippen LogP contribution in [0.2, 0.25) is 0 Å². The van der Waals surface area contributed by atoms with Gasteiger partial charge in [-0.2, -0.15) is 0 Å². The number of anilines is 1. The Hall–Kier alpha value is -2.88. The molecule has 1 N–H and O–H groups in total. The molecule has 2 aromatic rings. The molecule has 0 spiro atoms. The maximum Gasteiger partial charge on any atom is 0.276 e. The van der Waals surface area contributed by atoms with Gasteiger partial charge in [0, 0.05) is 24.3 Å². The second-order valence-electron chi connectivity index (χ2n) is 6.14. The maximum absolute atomic E-state index is 12.9. The average molecular weight is 390 g/mol. The Balaban J connectivity index is 2.24. The number of nitro groups is 1. The van der Waals surface area contributed by atoms with Gasteiger partial charge in [-0.05, 0) is 18.6 Å². The molecule has 2 heterocycles. The van der Waals surface area contributed by atoms with Crippen LogP contribution in [-0.4, -0.2) is 26.9 Å². The van der Waals surface area contributed by atoms with Crippen molar-refractivity contribution < 1.29 is 14.5 Å². The van der Waals surface area contributed by atoms with Crippen molar-refractivity contribution in [1.29, 1.82) is 0 Å². The number of amides is 1. The van der Waals surface area contributed by atoms with E-state index in [1.807, 2.05) is 6.92 Å². The van der Waals surface area contributed by atoms with E-state index in [4.69, 9.17) is 4.74 Å². The smallest absolute Gasteiger partial charge is 0.276 e. The van der Waals surface area contributed by atoms with E-state index in [1.54, 1.807) is 6.07 Å². The standard InChI is InChI=1S/C17H18N4O5S/c1-3-4-13-18-16-15(17(23)20(13)27)11(8-14(22)19-16)10-6-5-9(26-2)7-12(10)21(24)25/h5-7,11,27H,3-4,8H2,1-2H3,(H,19,22). The lowest BCUT2D eigenvalue weighted by atomic mass is 9.85. The molecule has 9 nitrogen and oxygen atoms in total. The Morgan fingerprint density at radius 2 is 2.19 bits per heavy atom. The van der Waals surface area contributed by atoms with Gasteiger partial charge in [0.1, 0.15) is 17.4 Å². The molecule has 10 heteroatoms. The lowest BCUT2D eigenvalue weighted by Gasteiger charge is -2.25. The number of carbonyl (C=O) groups excluding carboxylic acids is 1. The van der Waals surface area contributed by atoms with Crippen LogP contribution < -0.4 is 15.6 Å². The molecule has 1 aromatic heterocycles. The van der Waals surface area contributed by atoms with E-state index in [-0.39, 0.29) is 35.0 Å². The molecular weight excluding hydrogens is 372 g/mol. The molecule has 0 saturated heterocycles. The largest absolute Gasteiger partial charge is 0.497 e. The minimum absolute atomic E-state index is 0.0992. The summed E-state index contributed by atoms with van der Waals surface area (Å²) in [6.45, 7) is 1.93. The zero-order valence-electron chi connectivity index (χ0n) is 14.8. The van der Waals surface area contributed by atoms with Gasteiger partial charge < -0.3 is 10.1 Å². The first-order chi connectivity index (χ1) is 12.9. The quantitative estimate of drug-likeness (QED) is 0.460. The number of hydrogen-bond acceptors (Lipinski definition) is 7. The topological polar surface area (TPSA) is 116 Å². The van der Waals surface area contributed by atoms with Crippen LogP contribution in [0.3, 0.4) is 0 Å². The minimum atomic E-state index is -0.797. The second kappa shape index (κ2) is 7.39. The molecule has 0 bridgehead atoms. The third kappa shape index (κ3) is 3.39. The third-order valence-electron chi connectivity index (χ3n) is 4.44. The highest BCUT2D eigenvalue weighted by atomic mass is 32.1. The Morgan fingerprint density at radius 1 is 1.44 bits per heavy atom. The van der Waals surface area contributed by atoms with E-state index in [0.29, 0.717) is 18.0 Å². The van der Waals surface area contributed by atoms with Crippen LogP contribution in [0.15, 0.2) is 23.0 Å². The molecule has 0 fully saturated rings. The molecule has 27 heavy (non-hydrogen) atoms. The lowest BCUT2D eigenvalue weighted by Crippen LogP contribution is -2.34. The third-order valence-corrected chi connectivity index (χ3v) is 4.85. The summed E-state index contributed by atoms with van der Waals surface area (Å²) < 4.78 is 6.19. The molecule has 142 valence electrons. The molecular formula is C17H18N4O5S. The molecule has 0 radical (unpaired) electrons. The molecule has 1 aromatic carbocycles. The van der Waals surface area contributed by atoms with Crippen molar-refractivity contribution in [1.82, 2.24) is 8.96 Å². The van der Waals surface area contributed by atoms with Gasteiger partial charge in [0.25, 0.3) is 11.2 Å². The Morgan fingerprint density at radius 3 is 2.81 bits per heavy atom. The first-order valence-electron chi connectivity index (χ1n) is 8.34. The number of carbonyl (C=O) groups is 1. The fourth-order valence-electron chi connectivity index (χ4n) is 3.20. The molecule has 1 aliphatic rings. The van der Waals surface area contributed by atoms with Gasteiger partial charge in [-0.1, -0.05) is 19.7 Å². The Labute approximate surface area is 160 Å². The number of nitrogens with zero attached hydrogens (tertiary/aromatic N) is 3. The molecule has 3 rings (SSSR count). The average Bonchev–Trinajstić information content (AvgIpc) is 2.64. The zero-order chi connectivity index (χ0) is 19.7. The highest BCUT2D eigenvalue weighted by molar-refractivity contribution is 7.78. The molecule has 1 unspecified atom stereocenters. The number of fused-ring (bicyclic) bond motifs is 1. The molecule has 1 aliphatic heterocycles. The monoisotopic (exact) mass is 390 g/mol. The van der Waals surface area contributed by atoms with Gasteiger partial charge in [0.15, 0.2) is 0 Å². The summed E-state index contributed by atoms with van der Waals surface area (Å²) in [4.78, 5) is 40.5. The van der Waals surface area contributed by atoms with Gasteiger partial charge >= 0.3 is 0 Å². The van der Waals surface area contributed by atoms with Gasteiger partial charge in [0.05, 0.1) is 23.7 Å². The number of nitro benzene ring substituents is 1. The SMILES string of the molecule is CCCc1nc2c(c(=O)n1S)C(c1ccc(OC)cc1[N+](=O)[O-])CC(=O)N2. The summed E-state index contributed by atoms with van der Waals surface area (Å²) in [5, 5.41) is 14.2. The van der Waals surface area contributed by atoms with E-state index in [9.17, 15) is 19.7 Å². The summed E-state index contributed by atoms with van der Waals surface area (Å²) in [5.41, 5.74) is -0.213. The van der Waals surface area contributed by atoms with Crippen LogP contribution in [0.25, 0.3) is 0 Å². The predicted molar refractivity (Wildman–Crippen MR) is 102 cm³/mol. The number of thiol groups is 1. The van der Waals surface area contributed by atoms with Crippen LogP contribution >= 0.6 is 12.8 Å². The highest BCUT2D eigenvalue weighted by Gasteiger charge is 2.35. The molecule has 0 saturated carbocycles. The number of nitrogens with one attached hydrogen (secondary N) is 1. The number of ether oxygens (including phenoxy) is 1. The Bertz CT molecular complexity index is 988. The summed E-state index contributed by atoms with van der Waals surface area (Å²) >= 11 is 4.23. The van der Waals surface area contributed by atoms with Crippen LogP contribution in [0.5, 0.6) is 5.75 Å². The fourth-order valence-corrected chi connectivity index (χ4v) is 3.46. The number of aryl methyl sites for hydroxylation is 1. The van der Waals surface area contributed by atoms with Crippen molar-refractivity contribution in [3.05, 3.63) is 55.6 Å². The van der Waals surface area contributed by atoms with Crippen molar-refractivity contribution in [3.63, 3.8) is 0 Å². The number of methoxy groups -OCH3 is 1. The minimum Gasteiger partial charge on any atom is -0.497 e. The molecule has 1 amide bonds. The zero-order valence-corrected chi connectivity index (χ0v) is 15.7. The van der Waals surface area contributed by atoms with Crippen molar-refractivity contribution in [2.24, 2.45) is 0 Å². The summed E-state index contributed by atoms with van der Waals surface area (Å²) in [6.07, 6.45) is 1.15. The number of hydrogen-bond donors (Lipinski definition) is 2. The van der Waals surface area contributed by atoms with Crippen LogP contribution in [0, 0.1) is 10.1 Å². The first kappa shape index (κ1) is 18.9. The van der Waals surface area contributed by atoms with E-state index >= 15 is 0 Å². The maximum atomic E-state index is 12.9. The highest BCUT2D eigenvalue weighted by Crippen LogP contribution is 2.39. The fraction of sp³-hybridized carbons (Fsp3) is 0.353. The van der Waals surface area contributed by atoms with Gasteiger partial charge in [-0.25, -0.2) is 8.96 Å². The number of benzene rings is 1. The van der Waals surface area contributed by atoms with E-state index in [1.165, 1.54) is 19.2 Å². The van der Waals surface area contributed by atoms with E-state index < -0.39 is 16.4 Å². The van der Waals surface area contributed by atoms with Gasteiger partial charge in [-0.15, -0.1) is 0 Å². The Kier molecular flexibility index (Phi) is 5.17. The van der Waals surface area contributed by atoms with Crippen molar-refractivity contribution in [2.45, 2.75) is 32.1 Å². The second-order valence-corrected chi connectivity index (χ2v) is 6.54. The van der Waals surface area contributed by atoms with Crippen LogP contribution in [-0.2, 0) is 11.2 Å². The summed E-state index contributed by atoms with van der Waals surface area (Å²) in [7, 11) is 1.40. The van der Waals surface area contributed by atoms with Crippen LogP contribution in [0.1, 0.15) is 42.6 Å². The summed E-state index contributed by atoms with van der Waals surface area (Å²) in [5.74, 6) is -0.276. The molecule has 1 atom stereocenters. The van der Waals surface area contributed by atoms with Crippen molar-refractivity contribution in [3.8, 4) is 5.75 Å². The number of aromatic nitrogens is 2. The molecule has 0 aliphatic carbocycles. The number of rotatable bonds is 5.